The van der Waals surface area contributed by atoms with Gasteiger partial charge in [-0.1, -0.05) is 5.16 Å². The summed E-state index contributed by atoms with van der Waals surface area (Å²) in [6.45, 7) is 0. The second-order valence-electron chi connectivity index (χ2n) is 3.32. The fourth-order valence-electron chi connectivity index (χ4n) is 1.19. The van der Waals surface area contributed by atoms with Gasteiger partial charge in [-0.15, -0.1) is 0 Å². The van der Waals surface area contributed by atoms with Crippen LogP contribution in [-0.4, -0.2) is 24.6 Å². The van der Waals surface area contributed by atoms with Gasteiger partial charge in [0, 0.05) is 5.69 Å². The summed E-state index contributed by atoms with van der Waals surface area (Å²) >= 11 is 0. The van der Waals surface area contributed by atoms with Gasteiger partial charge in [0.05, 0.1) is 4.90 Å². The van der Waals surface area contributed by atoms with Gasteiger partial charge in [-0.2, -0.15) is 0 Å². The minimum absolute atomic E-state index is 0.0190. The van der Waals surface area contributed by atoms with E-state index >= 15 is 0 Å². The van der Waals surface area contributed by atoms with E-state index in [0.29, 0.717) is 5.69 Å². The summed E-state index contributed by atoms with van der Waals surface area (Å²) in [5.74, 6) is -0.514. The molecule has 0 spiro atoms. The number of rotatable bonds is 3. The lowest BCUT2D eigenvalue weighted by Gasteiger charge is -2.03. The predicted molar refractivity (Wildman–Crippen MR) is 60.1 cm³/mol. The van der Waals surface area contributed by atoms with Gasteiger partial charge in [-0.25, -0.2) is 18.2 Å². The molecule has 0 saturated carbocycles. The van der Waals surface area contributed by atoms with Crippen molar-refractivity contribution < 1.29 is 17.8 Å². The van der Waals surface area contributed by atoms with E-state index in [1.807, 2.05) is 0 Å². The van der Waals surface area contributed by atoms with Crippen molar-refractivity contribution in [3.05, 3.63) is 36.2 Å². The van der Waals surface area contributed by atoms with Gasteiger partial charge < -0.3 is 5.32 Å². The Morgan fingerprint density at radius 2 is 1.94 bits per heavy atom. The maximum atomic E-state index is 11.5. The van der Waals surface area contributed by atoms with E-state index in [9.17, 15) is 13.2 Å². The third kappa shape index (κ3) is 2.70. The predicted octanol–water partition coefficient (Wildman–Crippen LogP) is -0.0307. The van der Waals surface area contributed by atoms with E-state index in [-0.39, 0.29) is 10.6 Å². The molecular weight excluding hydrogens is 260 g/mol. The highest BCUT2D eigenvalue weighted by Crippen LogP contribution is 2.13. The van der Waals surface area contributed by atoms with Crippen LogP contribution in [0.2, 0.25) is 0 Å². The zero-order valence-corrected chi connectivity index (χ0v) is 9.72. The molecule has 0 fully saturated rings. The van der Waals surface area contributed by atoms with Crippen LogP contribution in [-0.2, 0) is 10.0 Å². The molecule has 1 heterocycles. The molecule has 0 aliphatic rings. The zero-order valence-electron chi connectivity index (χ0n) is 8.90. The molecule has 0 radical (unpaired) electrons. The van der Waals surface area contributed by atoms with Crippen LogP contribution in [0.25, 0.3) is 0 Å². The number of nitrogens with zero attached hydrogens (tertiary/aromatic N) is 2. The lowest BCUT2D eigenvalue weighted by molar-refractivity contribution is 0.101. The van der Waals surface area contributed by atoms with Crippen molar-refractivity contribution in [2.45, 2.75) is 4.90 Å². The van der Waals surface area contributed by atoms with E-state index in [1.165, 1.54) is 24.3 Å². The number of primary sulfonamides is 1. The van der Waals surface area contributed by atoms with Gasteiger partial charge in [0.15, 0.2) is 5.69 Å². The van der Waals surface area contributed by atoms with Crippen molar-refractivity contribution in [2.24, 2.45) is 5.14 Å². The molecule has 1 amide bonds. The molecule has 0 unspecified atom stereocenters. The number of aromatic nitrogens is 2. The molecule has 1 aromatic carbocycles. The number of hydrogen-bond donors (Lipinski definition) is 2. The molecule has 0 saturated heterocycles. The number of nitrogens with two attached hydrogens (primary N) is 1. The van der Waals surface area contributed by atoms with Gasteiger partial charge >= 0.3 is 0 Å². The van der Waals surface area contributed by atoms with Gasteiger partial charge in [-0.05, 0) is 29.4 Å². The van der Waals surface area contributed by atoms with Crippen LogP contribution in [0.5, 0.6) is 0 Å². The highest BCUT2D eigenvalue weighted by Gasteiger charge is 2.11. The first-order valence-electron chi connectivity index (χ1n) is 4.68. The number of benzene rings is 1. The Bertz CT molecular complexity index is 648. The van der Waals surface area contributed by atoms with Crippen LogP contribution < -0.4 is 10.5 Å². The second kappa shape index (κ2) is 4.55. The van der Waals surface area contributed by atoms with Crippen LogP contribution in [0.3, 0.4) is 0 Å². The van der Waals surface area contributed by atoms with Crippen LogP contribution >= 0.6 is 0 Å². The molecule has 18 heavy (non-hydrogen) atoms. The number of anilines is 1. The molecule has 0 atom stereocenters. The monoisotopic (exact) mass is 268 g/mol. The molecule has 0 bridgehead atoms. The van der Waals surface area contributed by atoms with Gasteiger partial charge in [0.1, 0.15) is 6.20 Å². The molecule has 0 aliphatic heterocycles. The fourth-order valence-corrected chi connectivity index (χ4v) is 1.70. The highest BCUT2D eigenvalue weighted by atomic mass is 32.2. The van der Waals surface area contributed by atoms with Crippen molar-refractivity contribution in [3.63, 3.8) is 0 Å². The highest BCUT2D eigenvalue weighted by molar-refractivity contribution is 7.89. The summed E-state index contributed by atoms with van der Waals surface area (Å²) in [7, 11) is -3.74. The zero-order chi connectivity index (χ0) is 13.2. The number of nitrogens with one attached hydrogen (secondary N) is 1. The second-order valence-corrected chi connectivity index (χ2v) is 4.88. The van der Waals surface area contributed by atoms with Gasteiger partial charge in [0.25, 0.3) is 5.91 Å². The maximum absolute atomic E-state index is 11.5. The first-order valence-corrected chi connectivity index (χ1v) is 6.23. The van der Waals surface area contributed by atoms with Gasteiger partial charge in [0.2, 0.25) is 10.0 Å². The summed E-state index contributed by atoms with van der Waals surface area (Å²) in [4.78, 5) is 11.5. The summed E-state index contributed by atoms with van der Waals surface area (Å²) in [5, 5.41) is 14.1. The summed E-state index contributed by atoms with van der Waals surface area (Å²) < 4.78 is 26.3. The first-order chi connectivity index (χ1) is 8.47. The summed E-state index contributed by atoms with van der Waals surface area (Å²) in [6, 6.07) is 5.38. The normalized spacial score (nSPS) is 11.2. The maximum Gasteiger partial charge on any atom is 0.279 e. The quantitative estimate of drug-likeness (QED) is 0.804. The van der Waals surface area contributed by atoms with E-state index in [2.05, 4.69) is 20.3 Å². The van der Waals surface area contributed by atoms with E-state index in [1.54, 1.807) is 0 Å². The number of carbonyl (C=O) groups is 1. The van der Waals surface area contributed by atoms with E-state index < -0.39 is 15.9 Å². The van der Waals surface area contributed by atoms with E-state index in [0.717, 1.165) is 6.20 Å². The SMILES string of the molecule is NS(=O)(=O)c1ccc(NC(=O)c2cnon2)cc1. The number of amides is 1. The average molecular weight is 268 g/mol. The lowest BCUT2D eigenvalue weighted by atomic mass is 10.3. The van der Waals surface area contributed by atoms with Gasteiger partial charge in [-0.3, -0.25) is 4.79 Å². The number of sulfonamides is 1. The third-order valence-corrected chi connectivity index (χ3v) is 2.96. The minimum atomic E-state index is -3.74. The molecule has 8 nitrogen and oxygen atoms in total. The van der Waals surface area contributed by atoms with Crippen LogP contribution in [0.4, 0.5) is 5.69 Å². The van der Waals surface area contributed by atoms with E-state index in [4.69, 9.17) is 5.14 Å². The Hall–Kier alpha value is -2.26. The molecule has 2 rings (SSSR count). The van der Waals surface area contributed by atoms with Crippen molar-refractivity contribution in [1.82, 2.24) is 10.3 Å². The summed E-state index contributed by atoms with van der Waals surface area (Å²) in [6.07, 6.45) is 1.16. The smallest absolute Gasteiger partial charge is 0.279 e. The van der Waals surface area contributed by atoms with Crippen molar-refractivity contribution >= 4 is 21.6 Å². The van der Waals surface area contributed by atoms with Crippen LogP contribution in [0.1, 0.15) is 10.5 Å². The Balaban J connectivity index is 2.14. The molecule has 94 valence electrons. The van der Waals surface area contributed by atoms with Crippen LogP contribution in [0.15, 0.2) is 40.0 Å². The standard InChI is InChI=1S/C9H8N4O4S/c10-18(15,16)7-3-1-6(2-4-7)12-9(14)8-5-11-17-13-8/h1-5H,(H,12,14)(H2,10,15,16). The number of carbonyl (C=O) groups excluding carboxylic acids is 1. The Morgan fingerprint density at radius 1 is 1.28 bits per heavy atom. The largest absolute Gasteiger partial charge is 0.320 e. The summed E-state index contributed by atoms with van der Waals surface area (Å²) in [5.41, 5.74) is 0.418. The molecule has 2 aromatic rings. The minimum Gasteiger partial charge on any atom is -0.320 e. The van der Waals surface area contributed by atoms with Crippen LogP contribution in [0, 0.1) is 0 Å². The Kier molecular flexibility index (Phi) is 3.08. The Morgan fingerprint density at radius 3 is 2.44 bits per heavy atom. The molecule has 1 aromatic heterocycles. The average Bonchev–Trinajstić information content (AvgIpc) is 2.82. The molecule has 0 aliphatic carbocycles. The first kappa shape index (κ1) is 12.2. The molecule has 9 heteroatoms. The molecule has 3 N–H and O–H groups in total. The third-order valence-electron chi connectivity index (χ3n) is 2.03. The molecular formula is C9H8N4O4S. The topological polar surface area (TPSA) is 128 Å². The van der Waals surface area contributed by atoms with Crippen molar-refractivity contribution in [2.75, 3.05) is 5.32 Å². The lowest BCUT2D eigenvalue weighted by Crippen LogP contribution is -2.14. The fraction of sp³-hybridized carbons (Fsp3) is 0. The number of hydrogen-bond acceptors (Lipinski definition) is 6. The Labute approximate surface area is 102 Å². The van der Waals surface area contributed by atoms with Crippen molar-refractivity contribution in [1.29, 1.82) is 0 Å². The van der Waals surface area contributed by atoms with Crippen molar-refractivity contribution in [3.8, 4) is 0 Å².